The molecule has 1 amide bonds. The number of aliphatic hydroxyl groups excluding tert-OH is 2. The summed E-state index contributed by atoms with van der Waals surface area (Å²) in [6.45, 7) is -0.344. The Labute approximate surface area is 91.7 Å². The fourth-order valence-corrected chi connectivity index (χ4v) is 1.13. The quantitative estimate of drug-likeness (QED) is 0.556. The molecule has 0 bridgehead atoms. The number of amides is 1. The van der Waals surface area contributed by atoms with Gasteiger partial charge >= 0.3 is 0 Å². The molecule has 0 aliphatic rings. The number of halogens is 1. The number of nitrogens with one attached hydrogen (secondary N) is 1. The first kappa shape index (κ1) is 12.4. The van der Waals surface area contributed by atoms with Gasteiger partial charge in [0.05, 0.1) is 12.7 Å². The van der Waals surface area contributed by atoms with E-state index in [1.54, 1.807) is 0 Å². The van der Waals surface area contributed by atoms with Crippen molar-refractivity contribution in [1.82, 2.24) is 0 Å². The van der Waals surface area contributed by atoms with Crippen LogP contribution in [-0.2, 0) is 0 Å². The van der Waals surface area contributed by atoms with Crippen LogP contribution in [0.25, 0.3) is 0 Å². The summed E-state index contributed by atoms with van der Waals surface area (Å²) in [5, 5.41) is 20.3. The zero-order chi connectivity index (χ0) is 12.1. The van der Waals surface area contributed by atoms with Crippen LogP contribution in [0.1, 0.15) is 10.4 Å². The molecule has 1 aromatic carbocycles. The SMILES string of the molecule is NC(=O)c1cc(F)cc(NCC(O)CO)c1. The third-order valence-corrected chi connectivity index (χ3v) is 1.93. The van der Waals surface area contributed by atoms with E-state index in [1.807, 2.05) is 0 Å². The van der Waals surface area contributed by atoms with E-state index in [1.165, 1.54) is 6.07 Å². The molecular weight excluding hydrogens is 215 g/mol. The molecule has 1 rings (SSSR count). The molecule has 0 spiro atoms. The third kappa shape index (κ3) is 3.48. The van der Waals surface area contributed by atoms with E-state index in [-0.39, 0.29) is 12.1 Å². The summed E-state index contributed by atoms with van der Waals surface area (Å²) in [6.07, 6.45) is -0.944. The maximum absolute atomic E-state index is 13.0. The molecule has 6 heteroatoms. The van der Waals surface area contributed by atoms with Crippen molar-refractivity contribution >= 4 is 11.6 Å². The predicted molar refractivity (Wildman–Crippen MR) is 56.5 cm³/mol. The Kier molecular flexibility index (Phi) is 4.21. The van der Waals surface area contributed by atoms with Crippen molar-refractivity contribution in [3.05, 3.63) is 29.6 Å². The third-order valence-electron chi connectivity index (χ3n) is 1.93. The van der Waals surface area contributed by atoms with Crippen LogP contribution >= 0.6 is 0 Å². The van der Waals surface area contributed by atoms with Crippen LogP contribution in [-0.4, -0.2) is 35.4 Å². The number of carbonyl (C=O) groups is 1. The summed E-state index contributed by atoms with van der Waals surface area (Å²) in [6, 6.07) is 3.56. The Hall–Kier alpha value is -1.66. The summed E-state index contributed by atoms with van der Waals surface area (Å²) in [4.78, 5) is 10.8. The highest BCUT2D eigenvalue weighted by molar-refractivity contribution is 5.93. The van der Waals surface area contributed by atoms with E-state index in [9.17, 15) is 9.18 Å². The molecule has 0 heterocycles. The normalized spacial score (nSPS) is 12.2. The molecule has 0 aromatic heterocycles. The molecule has 1 unspecified atom stereocenters. The number of hydrogen-bond acceptors (Lipinski definition) is 4. The van der Waals surface area contributed by atoms with Gasteiger partial charge in [0.1, 0.15) is 5.82 Å². The summed E-state index contributed by atoms with van der Waals surface area (Å²) in [5.41, 5.74) is 5.37. The second-order valence-electron chi connectivity index (χ2n) is 3.31. The highest BCUT2D eigenvalue weighted by Crippen LogP contribution is 2.13. The molecule has 88 valence electrons. The van der Waals surface area contributed by atoms with Crippen molar-refractivity contribution in [3.8, 4) is 0 Å². The molecule has 0 saturated heterocycles. The maximum atomic E-state index is 13.0. The van der Waals surface area contributed by atoms with Crippen molar-refractivity contribution in [2.75, 3.05) is 18.5 Å². The smallest absolute Gasteiger partial charge is 0.248 e. The molecule has 0 fully saturated rings. The molecule has 1 atom stereocenters. The minimum absolute atomic E-state index is 0.0426. The molecular formula is C10H13FN2O3. The number of primary amides is 1. The van der Waals surface area contributed by atoms with Crippen LogP contribution in [0.15, 0.2) is 18.2 Å². The van der Waals surface area contributed by atoms with E-state index in [4.69, 9.17) is 15.9 Å². The maximum Gasteiger partial charge on any atom is 0.248 e. The number of hydrogen-bond donors (Lipinski definition) is 4. The van der Waals surface area contributed by atoms with Crippen molar-refractivity contribution in [1.29, 1.82) is 0 Å². The number of carbonyl (C=O) groups excluding carboxylic acids is 1. The van der Waals surface area contributed by atoms with Crippen molar-refractivity contribution < 1.29 is 19.4 Å². The summed E-state index contributed by atoms with van der Waals surface area (Å²) >= 11 is 0. The topological polar surface area (TPSA) is 95.6 Å². The van der Waals surface area contributed by atoms with Crippen molar-refractivity contribution in [3.63, 3.8) is 0 Å². The van der Waals surface area contributed by atoms with Crippen LogP contribution in [0.5, 0.6) is 0 Å². The Morgan fingerprint density at radius 1 is 1.50 bits per heavy atom. The molecule has 0 aliphatic heterocycles. The van der Waals surface area contributed by atoms with Gasteiger partial charge < -0.3 is 21.3 Å². The number of aliphatic hydroxyl groups is 2. The van der Waals surface area contributed by atoms with Gasteiger partial charge in [-0.1, -0.05) is 0 Å². The van der Waals surface area contributed by atoms with Gasteiger partial charge in [-0.05, 0) is 18.2 Å². The van der Waals surface area contributed by atoms with E-state index in [2.05, 4.69) is 5.32 Å². The highest BCUT2D eigenvalue weighted by atomic mass is 19.1. The van der Waals surface area contributed by atoms with Crippen LogP contribution in [0.2, 0.25) is 0 Å². The van der Waals surface area contributed by atoms with Gasteiger partial charge in [0.2, 0.25) is 5.91 Å². The monoisotopic (exact) mass is 228 g/mol. The number of nitrogens with two attached hydrogens (primary N) is 1. The minimum atomic E-state index is -0.944. The van der Waals surface area contributed by atoms with Gasteiger partial charge in [-0.3, -0.25) is 4.79 Å². The molecule has 0 radical (unpaired) electrons. The first-order valence-corrected chi connectivity index (χ1v) is 4.66. The van der Waals surface area contributed by atoms with Crippen LogP contribution in [0, 0.1) is 5.82 Å². The summed E-state index contributed by atoms with van der Waals surface area (Å²) < 4.78 is 13.0. The summed E-state index contributed by atoms with van der Waals surface area (Å²) in [7, 11) is 0. The van der Waals surface area contributed by atoms with E-state index < -0.39 is 24.4 Å². The van der Waals surface area contributed by atoms with Crippen LogP contribution < -0.4 is 11.1 Å². The predicted octanol–water partition coefficient (Wildman–Crippen LogP) is -0.310. The van der Waals surface area contributed by atoms with E-state index in [0.717, 1.165) is 12.1 Å². The van der Waals surface area contributed by atoms with Crippen LogP contribution in [0.4, 0.5) is 10.1 Å². The van der Waals surface area contributed by atoms with E-state index in [0.29, 0.717) is 5.69 Å². The largest absolute Gasteiger partial charge is 0.394 e. The zero-order valence-electron chi connectivity index (χ0n) is 8.48. The molecule has 5 nitrogen and oxygen atoms in total. The highest BCUT2D eigenvalue weighted by Gasteiger charge is 2.06. The second kappa shape index (κ2) is 5.43. The average Bonchev–Trinajstić information content (AvgIpc) is 2.25. The van der Waals surface area contributed by atoms with Gasteiger partial charge in [-0.25, -0.2) is 4.39 Å². The minimum Gasteiger partial charge on any atom is -0.394 e. The Morgan fingerprint density at radius 3 is 2.75 bits per heavy atom. The Balaban J connectivity index is 2.76. The van der Waals surface area contributed by atoms with Gasteiger partial charge in [-0.2, -0.15) is 0 Å². The van der Waals surface area contributed by atoms with Gasteiger partial charge in [-0.15, -0.1) is 0 Å². The zero-order valence-corrected chi connectivity index (χ0v) is 8.48. The van der Waals surface area contributed by atoms with Gasteiger partial charge in [0.15, 0.2) is 0 Å². The van der Waals surface area contributed by atoms with Crippen LogP contribution in [0.3, 0.4) is 0 Å². The Morgan fingerprint density at radius 2 is 2.19 bits per heavy atom. The molecule has 0 saturated carbocycles. The van der Waals surface area contributed by atoms with Gasteiger partial charge in [0.25, 0.3) is 0 Å². The van der Waals surface area contributed by atoms with Crippen molar-refractivity contribution in [2.24, 2.45) is 5.73 Å². The first-order chi connectivity index (χ1) is 7.52. The molecule has 0 aliphatic carbocycles. The summed E-state index contributed by atoms with van der Waals surface area (Å²) in [5.74, 6) is -1.33. The van der Waals surface area contributed by atoms with E-state index >= 15 is 0 Å². The molecule has 16 heavy (non-hydrogen) atoms. The fourth-order valence-electron chi connectivity index (χ4n) is 1.13. The fraction of sp³-hybridized carbons (Fsp3) is 0.300. The van der Waals surface area contributed by atoms with Crippen molar-refractivity contribution in [2.45, 2.75) is 6.10 Å². The average molecular weight is 228 g/mol. The number of anilines is 1. The molecule has 1 aromatic rings. The van der Waals surface area contributed by atoms with Gasteiger partial charge in [0, 0.05) is 17.8 Å². The Bertz CT molecular complexity index is 384. The lowest BCUT2D eigenvalue weighted by atomic mass is 10.2. The number of rotatable bonds is 5. The lowest BCUT2D eigenvalue weighted by Gasteiger charge is -2.10. The first-order valence-electron chi connectivity index (χ1n) is 4.66. The lowest BCUT2D eigenvalue weighted by molar-refractivity contribution is 0.1000. The standard InChI is InChI=1S/C10H13FN2O3/c11-7-1-6(10(12)16)2-8(3-7)13-4-9(15)5-14/h1-3,9,13-15H,4-5H2,(H2,12,16). The molecule has 5 N–H and O–H groups in total. The lowest BCUT2D eigenvalue weighted by Crippen LogP contribution is -2.23. The second-order valence-corrected chi connectivity index (χ2v) is 3.31. The number of benzene rings is 1.